The van der Waals surface area contributed by atoms with E-state index in [-0.39, 0.29) is 0 Å². The molecule has 0 saturated heterocycles. The number of hydrogen-bond acceptors (Lipinski definition) is 4. The topological polar surface area (TPSA) is 50.2 Å². The van der Waals surface area contributed by atoms with Crippen LogP contribution in [0.5, 0.6) is 0 Å². The Labute approximate surface area is 138 Å². The van der Waals surface area contributed by atoms with Gasteiger partial charge < -0.3 is 0 Å². The Morgan fingerprint density at radius 3 is 2.26 bits per heavy atom. The van der Waals surface area contributed by atoms with E-state index in [1.54, 1.807) is 6.21 Å². The third-order valence-corrected chi connectivity index (χ3v) is 3.41. The van der Waals surface area contributed by atoms with Crippen molar-refractivity contribution in [3.05, 3.63) is 58.4 Å². The molecule has 0 saturated carbocycles. The molecule has 1 aromatic carbocycles. The molecule has 0 fully saturated rings. The van der Waals surface area contributed by atoms with Gasteiger partial charge in [0.2, 0.25) is 5.95 Å². The Hall–Kier alpha value is -2.49. The monoisotopic (exact) mass is 308 g/mol. The van der Waals surface area contributed by atoms with Gasteiger partial charge in [0.1, 0.15) is 0 Å². The molecule has 23 heavy (non-hydrogen) atoms. The first-order valence-electron chi connectivity index (χ1n) is 7.83. The van der Waals surface area contributed by atoms with Crippen LogP contribution in [0.15, 0.2) is 41.0 Å². The molecule has 0 unspecified atom stereocenters. The molecule has 0 spiro atoms. The summed E-state index contributed by atoms with van der Waals surface area (Å²) >= 11 is 0. The van der Waals surface area contributed by atoms with Crippen LogP contribution in [0.1, 0.15) is 49.2 Å². The summed E-state index contributed by atoms with van der Waals surface area (Å²) in [6.45, 7) is 10.3. The molecule has 1 N–H and O–H groups in total. The fourth-order valence-corrected chi connectivity index (χ4v) is 2.25. The van der Waals surface area contributed by atoms with E-state index >= 15 is 0 Å². The number of hydrazone groups is 1. The van der Waals surface area contributed by atoms with Crippen LogP contribution in [0.25, 0.3) is 6.08 Å². The maximum Gasteiger partial charge on any atom is 0.243 e. The first-order chi connectivity index (χ1) is 10.9. The van der Waals surface area contributed by atoms with Crippen LogP contribution in [0, 0.1) is 13.8 Å². The third kappa shape index (κ3) is 5.33. The molecular formula is C19H24N4. The average molecular weight is 308 g/mol. The number of nitrogens with zero attached hydrogens (tertiary/aromatic N) is 3. The molecule has 120 valence electrons. The molecule has 0 bridgehead atoms. The van der Waals surface area contributed by atoms with Gasteiger partial charge >= 0.3 is 0 Å². The number of aromatic nitrogens is 2. The molecule has 0 atom stereocenters. The predicted octanol–water partition coefficient (Wildman–Crippen LogP) is 4.72. The lowest BCUT2D eigenvalue weighted by atomic mass is 10.0. The quantitative estimate of drug-likeness (QED) is 0.642. The van der Waals surface area contributed by atoms with E-state index in [0.29, 0.717) is 11.9 Å². The second kappa shape index (κ2) is 7.68. The highest BCUT2D eigenvalue weighted by Crippen LogP contribution is 2.16. The average Bonchev–Trinajstić information content (AvgIpc) is 2.46. The number of anilines is 1. The molecular weight excluding hydrogens is 284 g/mol. The van der Waals surface area contributed by atoms with E-state index in [1.807, 2.05) is 26.8 Å². The van der Waals surface area contributed by atoms with Crippen molar-refractivity contribution in [3.8, 4) is 0 Å². The van der Waals surface area contributed by atoms with Crippen LogP contribution < -0.4 is 5.43 Å². The van der Waals surface area contributed by atoms with Gasteiger partial charge in [0.05, 0.1) is 6.21 Å². The second-order valence-corrected chi connectivity index (χ2v) is 6.05. The van der Waals surface area contributed by atoms with Crippen molar-refractivity contribution in [2.75, 3.05) is 5.43 Å². The zero-order valence-electron chi connectivity index (χ0n) is 14.5. The molecule has 1 aromatic heterocycles. The van der Waals surface area contributed by atoms with Crippen LogP contribution in [0.2, 0.25) is 0 Å². The van der Waals surface area contributed by atoms with Gasteiger partial charge in [0.25, 0.3) is 0 Å². The summed E-state index contributed by atoms with van der Waals surface area (Å²) < 4.78 is 0. The molecule has 4 heteroatoms. The zero-order valence-corrected chi connectivity index (χ0v) is 14.5. The Balaban J connectivity index is 2.01. The highest BCUT2D eigenvalue weighted by Gasteiger charge is 1.98. The molecule has 0 amide bonds. The van der Waals surface area contributed by atoms with Crippen LogP contribution in [-0.2, 0) is 0 Å². The van der Waals surface area contributed by atoms with E-state index in [2.05, 4.69) is 64.7 Å². The van der Waals surface area contributed by atoms with Gasteiger partial charge in [0, 0.05) is 11.4 Å². The number of allylic oxidation sites excluding steroid dienone is 1. The van der Waals surface area contributed by atoms with Crippen molar-refractivity contribution < 1.29 is 0 Å². The SMILES string of the molecule is CC(C=NNc1nc(C)cc(C)n1)=Cc1ccc(C(C)C)cc1. The van der Waals surface area contributed by atoms with Crippen molar-refractivity contribution in [2.24, 2.45) is 5.10 Å². The number of nitrogens with one attached hydrogen (secondary N) is 1. The van der Waals surface area contributed by atoms with E-state index < -0.39 is 0 Å². The smallest absolute Gasteiger partial charge is 0.243 e. The van der Waals surface area contributed by atoms with Gasteiger partial charge in [-0.25, -0.2) is 15.4 Å². The number of hydrogen-bond donors (Lipinski definition) is 1. The Kier molecular flexibility index (Phi) is 5.63. The van der Waals surface area contributed by atoms with Gasteiger partial charge in [-0.15, -0.1) is 0 Å². The molecule has 2 rings (SSSR count). The molecule has 0 aliphatic carbocycles. The minimum absolute atomic E-state index is 0.521. The lowest BCUT2D eigenvalue weighted by Gasteiger charge is -2.05. The highest BCUT2D eigenvalue weighted by atomic mass is 15.3. The lowest BCUT2D eigenvalue weighted by molar-refractivity contribution is 0.866. The van der Waals surface area contributed by atoms with Crippen LogP contribution >= 0.6 is 0 Å². The third-order valence-electron chi connectivity index (χ3n) is 3.41. The van der Waals surface area contributed by atoms with Gasteiger partial charge in [-0.2, -0.15) is 5.10 Å². The van der Waals surface area contributed by atoms with Gasteiger partial charge in [-0.05, 0) is 49.5 Å². The fourth-order valence-electron chi connectivity index (χ4n) is 2.25. The Morgan fingerprint density at radius 1 is 1.09 bits per heavy atom. The summed E-state index contributed by atoms with van der Waals surface area (Å²) in [5, 5.41) is 4.20. The van der Waals surface area contributed by atoms with Crippen LogP contribution in [0.3, 0.4) is 0 Å². The fraction of sp³-hybridized carbons (Fsp3) is 0.316. The largest absolute Gasteiger partial charge is 0.245 e. The standard InChI is InChI=1S/C19H24N4/c1-13(2)18-8-6-17(7-9-18)10-14(3)12-20-23-19-21-15(4)11-16(5)22-19/h6-13H,1-5H3,(H,21,22,23). The minimum Gasteiger partial charge on any atom is -0.245 e. The Bertz CT molecular complexity index is 692. The van der Waals surface area contributed by atoms with Crippen molar-refractivity contribution in [3.63, 3.8) is 0 Å². The van der Waals surface area contributed by atoms with E-state index in [4.69, 9.17) is 0 Å². The molecule has 0 aliphatic heterocycles. The maximum atomic E-state index is 4.29. The van der Waals surface area contributed by atoms with Gasteiger partial charge in [-0.3, -0.25) is 0 Å². The summed E-state index contributed by atoms with van der Waals surface area (Å²) in [7, 11) is 0. The summed E-state index contributed by atoms with van der Waals surface area (Å²) in [6, 6.07) is 10.5. The number of rotatable bonds is 5. The second-order valence-electron chi connectivity index (χ2n) is 6.05. The first kappa shape index (κ1) is 16.9. The minimum atomic E-state index is 0.521. The highest BCUT2D eigenvalue weighted by molar-refractivity contribution is 5.85. The van der Waals surface area contributed by atoms with Crippen molar-refractivity contribution in [1.29, 1.82) is 0 Å². The molecule has 4 nitrogen and oxygen atoms in total. The van der Waals surface area contributed by atoms with E-state index in [0.717, 1.165) is 17.0 Å². The molecule has 1 heterocycles. The van der Waals surface area contributed by atoms with Crippen molar-refractivity contribution in [2.45, 2.75) is 40.5 Å². The summed E-state index contributed by atoms with van der Waals surface area (Å²) in [5.41, 5.74) is 8.29. The van der Waals surface area contributed by atoms with E-state index in [9.17, 15) is 0 Å². The van der Waals surface area contributed by atoms with E-state index in [1.165, 1.54) is 11.1 Å². The van der Waals surface area contributed by atoms with Crippen molar-refractivity contribution in [1.82, 2.24) is 9.97 Å². The van der Waals surface area contributed by atoms with Gasteiger partial charge in [0.15, 0.2) is 0 Å². The molecule has 0 radical (unpaired) electrons. The first-order valence-corrected chi connectivity index (χ1v) is 7.83. The van der Waals surface area contributed by atoms with Gasteiger partial charge in [-0.1, -0.05) is 44.2 Å². The molecule has 0 aliphatic rings. The normalized spacial score (nSPS) is 12.2. The Morgan fingerprint density at radius 2 is 1.70 bits per heavy atom. The van der Waals surface area contributed by atoms with Crippen LogP contribution in [0.4, 0.5) is 5.95 Å². The number of benzene rings is 1. The lowest BCUT2D eigenvalue weighted by Crippen LogP contribution is -1.99. The zero-order chi connectivity index (χ0) is 16.8. The predicted molar refractivity (Wildman–Crippen MR) is 97.8 cm³/mol. The number of aryl methyl sites for hydroxylation is 2. The summed E-state index contributed by atoms with van der Waals surface area (Å²) in [5.74, 6) is 1.07. The van der Waals surface area contributed by atoms with Crippen molar-refractivity contribution >= 4 is 18.2 Å². The summed E-state index contributed by atoms with van der Waals surface area (Å²) in [4.78, 5) is 8.57. The van der Waals surface area contributed by atoms with Crippen LogP contribution in [-0.4, -0.2) is 16.2 Å². The summed E-state index contributed by atoms with van der Waals surface area (Å²) in [6.07, 6.45) is 3.87. The molecule has 2 aromatic rings. The maximum absolute atomic E-state index is 4.29.